The Morgan fingerprint density at radius 2 is 1.65 bits per heavy atom. The highest BCUT2D eigenvalue weighted by atomic mass is 32.2. The summed E-state index contributed by atoms with van der Waals surface area (Å²) in [4.78, 5) is 2.58. The molecule has 0 bridgehead atoms. The van der Waals surface area contributed by atoms with Crippen LogP contribution in [0.3, 0.4) is 0 Å². The second kappa shape index (κ2) is 5.60. The number of sulfonamides is 1. The summed E-state index contributed by atoms with van der Waals surface area (Å²) >= 11 is 4.95. The van der Waals surface area contributed by atoms with Gasteiger partial charge in [-0.05, 0) is 20.8 Å². The molecule has 1 aliphatic rings. The van der Waals surface area contributed by atoms with Gasteiger partial charge in [0.15, 0.2) is 0 Å². The molecular weight excluding hydrogens is 258 g/mol. The lowest BCUT2D eigenvalue weighted by atomic mass is 10.2. The van der Waals surface area contributed by atoms with Crippen molar-refractivity contribution in [1.82, 2.24) is 9.21 Å². The van der Waals surface area contributed by atoms with Gasteiger partial charge in [0, 0.05) is 26.2 Å². The van der Waals surface area contributed by atoms with E-state index < -0.39 is 10.0 Å². The van der Waals surface area contributed by atoms with Crippen LogP contribution in [0, 0.1) is 0 Å². The first-order valence-corrected chi connectivity index (χ1v) is 7.70. The van der Waals surface area contributed by atoms with Crippen LogP contribution in [0.25, 0.3) is 0 Å². The maximum Gasteiger partial charge on any atom is 0.216 e. The van der Waals surface area contributed by atoms with Crippen LogP contribution in [0.5, 0.6) is 0 Å². The second-order valence-electron chi connectivity index (χ2n) is 4.61. The summed E-state index contributed by atoms with van der Waals surface area (Å²) in [5.41, 5.74) is 5.59. The standard InChI is InChI=1S/C10H21N3O2S2/c1-8(2)17(14,15)13-6-4-12(5-7-13)9(3)10(11)16/h8-9H,4-7H2,1-3H3,(H2,11,16). The fraction of sp³-hybridized carbons (Fsp3) is 0.900. The zero-order chi connectivity index (χ0) is 13.2. The molecule has 1 saturated heterocycles. The van der Waals surface area contributed by atoms with Crippen molar-refractivity contribution in [1.29, 1.82) is 0 Å². The number of thiocarbonyl (C=S) groups is 1. The molecule has 17 heavy (non-hydrogen) atoms. The normalized spacial score (nSPS) is 21.6. The number of nitrogens with two attached hydrogens (primary N) is 1. The summed E-state index contributed by atoms with van der Waals surface area (Å²) in [5.74, 6) is 0. The van der Waals surface area contributed by atoms with Gasteiger partial charge in [-0.15, -0.1) is 0 Å². The Balaban J connectivity index is 2.60. The number of hydrogen-bond donors (Lipinski definition) is 1. The van der Waals surface area contributed by atoms with Gasteiger partial charge in [-0.2, -0.15) is 4.31 Å². The van der Waals surface area contributed by atoms with Crippen LogP contribution in [0.15, 0.2) is 0 Å². The summed E-state index contributed by atoms with van der Waals surface area (Å²) in [6.07, 6.45) is 0. The second-order valence-corrected chi connectivity index (χ2v) is 7.57. The molecule has 0 aromatic carbocycles. The predicted molar refractivity (Wildman–Crippen MR) is 73.4 cm³/mol. The van der Waals surface area contributed by atoms with Crippen molar-refractivity contribution in [2.45, 2.75) is 32.1 Å². The zero-order valence-corrected chi connectivity index (χ0v) is 12.2. The monoisotopic (exact) mass is 279 g/mol. The molecule has 0 amide bonds. The van der Waals surface area contributed by atoms with Crippen molar-refractivity contribution in [3.05, 3.63) is 0 Å². The molecule has 0 aromatic heterocycles. The molecule has 1 rings (SSSR count). The molecule has 1 aliphatic heterocycles. The third kappa shape index (κ3) is 3.37. The molecule has 1 fully saturated rings. The third-order valence-corrected chi connectivity index (χ3v) is 5.81. The molecule has 0 saturated carbocycles. The van der Waals surface area contributed by atoms with Gasteiger partial charge in [0.25, 0.3) is 0 Å². The van der Waals surface area contributed by atoms with Gasteiger partial charge in [-0.3, -0.25) is 4.90 Å². The summed E-state index contributed by atoms with van der Waals surface area (Å²) in [6.45, 7) is 7.78. The Bertz CT molecular complexity index is 373. The average molecular weight is 279 g/mol. The topological polar surface area (TPSA) is 66.6 Å². The van der Waals surface area contributed by atoms with Gasteiger partial charge < -0.3 is 5.73 Å². The van der Waals surface area contributed by atoms with Crippen molar-refractivity contribution in [3.8, 4) is 0 Å². The van der Waals surface area contributed by atoms with Crippen LogP contribution in [0.2, 0.25) is 0 Å². The van der Waals surface area contributed by atoms with Crippen LogP contribution in [0.1, 0.15) is 20.8 Å². The van der Waals surface area contributed by atoms with Crippen LogP contribution in [-0.2, 0) is 10.0 Å². The van der Waals surface area contributed by atoms with Crippen LogP contribution in [0.4, 0.5) is 0 Å². The summed E-state index contributed by atoms with van der Waals surface area (Å²) in [6, 6.07) is 0.0360. The van der Waals surface area contributed by atoms with E-state index in [9.17, 15) is 8.42 Å². The summed E-state index contributed by atoms with van der Waals surface area (Å²) in [7, 11) is -3.13. The molecule has 1 heterocycles. The third-order valence-electron chi connectivity index (χ3n) is 3.19. The molecule has 5 nitrogen and oxygen atoms in total. The van der Waals surface area contributed by atoms with E-state index in [2.05, 4.69) is 4.90 Å². The van der Waals surface area contributed by atoms with E-state index in [1.54, 1.807) is 18.2 Å². The lowest BCUT2D eigenvalue weighted by Crippen LogP contribution is -2.54. The lowest BCUT2D eigenvalue weighted by molar-refractivity contribution is 0.174. The number of nitrogens with zero attached hydrogens (tertiary/aromatic N) is 2. The highest BCUT2D eigenvalue weighted by Crippen LogP contribution is 2.13. The first-order chi connectivity index (χ1) is 7.76. The fourth-order valence-electron chi connectivity index (χ4n) is 1.82. The van der Waals surface area contributed by atoms with E-state index in [1.807, 2.05) is 6.92 Å². The first kappa shape index (κ1) is 14.8. The van der Waals surface area contributed by atoms with Gasteiger partial charge in [-0.25, -0.2) is 8.42 Å². The fourth-order valence-corrected chi connectivity index (χ4v) is 3.24. The van der Waals surface area contributed by atoms with E-state index in [-0.39, 0.29) is 11.3 Å². The summed E-state index contributed by atoms with van der Waals surface area (Å²) in [5, 5.41) is -0.359. The largest absolute Gasteiger partial charge is 0.392 e. The van der Waals surface area contributed by atoms with E-state index in [1.165, 1.54) is 0 Å². The Hall–Kier alpha value is -0.240. The van der Waals surface area contributed by atoms with Gasteiger partial charge in [0.1, 0.15) is 0 Å². The molecule has 2 N–H and O–H groups in total. The van der Waals surface area contributed by atoms with E-state index in [4.69, 9.17) is 18.0 Å². The van der Waals surface area contributed by atoms with Crippen molar-refractivity contribution in [2.24, 2.45) is 5.73 Å². The van der Waals surface area contributed by atoms with Crippen molar-refractivity contribution in [3.63, 3.8) is 0 Å². The maximum absolute atomic E-state index is 12.0. The minimum absolute atomic E-state index is 0.0360. The molecule has 0 aromatic rings. The minimum atomic E-state index is -3.13. The predicted octanol–water partition coefficient (Wildman–Crippen LogP) is 0.0168. The smallest absolute Gasteiger partial charge is 0.216 e. The lowest BCUT2D eigenvalue weighted by Gasteiger charge is -2.37. The molecular formula is C10H21N3O2S2. The highest BCUT2D eigenvalue weighted by molar-refractivity contribution is 7.89. The van der Waals surface area contributed by atoms with Crippen LogP contribution >= 0.6 is 12.2 Å². The van der Waals surface area contributed by atoms with E-state index in [0.29, 0.717) is 31.2 Å². The van der Waals surface area contributed by atoms with Crippen molar-refractivity contribution in [2.75, 3.05) is 26.2 Å². The maximum atomic E-state index is 12.0. The molecule has 100 valence electrons. The molecule has 0 radical (unpaired) electrons. The zero-order valence-electron chi connectivity index (χ0n) is 10.6. The SMILES string of the molecule is CC(C(N)=S)N1CCN(S(=O)(=O)C(C)C)CC1. The molecule has 0 aliphatic carbocycles. The van der Waals surface area contributed by atoms with Gasteiger partial charge in [0.05, 0.1) is 16.3 Å². The molecule has 7 heteroatoms. The Morgan fingerprint density at radius 1 is 1.18 bits per heavy atom. The Kier molecular flexibility index (Phi) is 4.88. The minimum Gasteiger partial charge on any atom is -0.392 e. The summed E-state index contributed by atoms with van der Waals surface area (Å²) < 4.78 is 25.5. The molecule has 1 unspecified atom stereocenters. The number of piperazine rings is 1. The Labute approximate surface area is 109 Å². The van der Waals surface area contributed by atoms with E-state index in [0.717, 1.165) is 0 Å². The van der Waals surface area contributed by atoms with Gasteiger partial charge in [-0.1, -0.05) is 12.2 Å². The van der Waals surface area contributed by atoms with E-state index >= 15 is 0 Å². The van der Waals surface area contributed by atoms with Crippen molar-refractivity contribution < 1.29 is 8.42 Å². The van der Waals surface area contributed by atoms with Crippen LogP contribution in [-0.4, -0.2) is 60.1 Å². The quantitative estimate of drug-likeness (QED) is 0.735. The molecule has 0 spiro atoms. The molecule has 1 atom stereocenters. The van der Waals surface area contributed by atoms with Crippen LogP contribution < -0.4 is 5.73 Å². The Morgan fingerprint density at radius 3 is 2.00 bits per heavy atom. The van der Waals surface area contributed by atoms with Crippen molar-refractivity contribution >= 4 is 27.2 Å². The number of rotatable bonds is 4. The van der Waals surface area contributed by atoms with Gasteiger partial charge in [0.2, 0.25) is 10.0 Å². The number of hydrogen-bond acceptors (Lipinski definition) is 4. The average Bonchev–Trinajstić information content (AvgIpc) is 2.27. The highest BCUT2D eigenvalue weighted by Gasteiger charge is 2.30. The first-order valence-electron chi connectivity index (χ1n) is 5.79. The van der Waals surface area contributed by atoms with Gasteiger partial charge >= 0.3 is 0 Å².